The fourth-order valence-electron chi connectivity index (χ4n) is 4.68. The molecule has 5 N–H and O–H groups in total. The third-order valence-corrected chi connectivity index (χ3v) is 7.57. The second-order valence-electron chi connectivity index (χ2n) is 10.5. The number of rotatable bonds is 14. The average Bonchev–Trinajstić information content (AvgIpc) is 3.87. The van der Waals surface area contributed by atoms with Gasteiger partial charge in [0.05, 0.1) is 24.6 Å². The molecule has 1 aliphatic carbocycles. The second-order valence-corrected chi connectivity index (χ2v) is 10.9. The number of benzene rings is 3. The summed E-state index contributed by atoms with van der Waals surface area (Å²) in [6, 6.07) is 14.0. The predicted octanol–water partition coefficient (Wildman–Crippen LogP) is 5.07. The van der Waals surface area contributed by atoms with E-state index in [-0.39, 0.29) is 30.6 Å². The molecule has 14 heteroatoms. The SMILES string of the molecule is COc1cc2c(Oc3ccc(NC(O)C4(C(=O)Nc5ccc(F)cc5)CC4)cc3F)ccnc2cc1OCCNC(=O)NCCS. The summed E-state index contributed by atoms with van der Waals surface area (Å²) in [5.74, 6) is -0.0121. The quantitative estimate of drug-likeness (QED) is 0.0630. The number of amides is 3. The molecule has 1 atom stereocenters. The van der Waals surface area contributed by atoms with E-state index in [1.54, 1.807) is 18.2 Å². The number of carbonyl (C=O) groups excluding carboxylic acids is 2. The van der Waals surface area contributed by atoms with Gasteiger partial charge in [-0.1, -0.05) is 0 Å². The molecule has 1 aliphatic rings. The lowest BCUT2D eigenvalue weighted by Crippen LogP contribution is -2.39. The van der Waals surface area contributed by atoms with Crippen molar-refractivity contribution in [3.05, 3.63) is 78.5 Å². The Morgan fingerprint density at radius 1 is 0.957 bits per heavy atom. The van der Waals surface area contributed by atoms with Gasteiger partial charge in [-0.15, -0.1) is 0 Å². The van der Waals surface area contributed by atoms with Crippen molar-refractivity contribution in [2.75, 3.05) is 43.2 Å². The van der Waals surface area contributed by atoms with Gasteiger partial charge >= 0.3 is 6.03 Å². The molecule has 242 valence electrons. The lowest BCUT2D eigenvalue weighted by atomic mass is 10.0. The maximum atomic E-state index is 15.2. The Bertz CT molecular complexity index is 1710. The predicted molar refractivity (Wildman–Crippen MR) is 172 cm³/mol. The molecule has 0 spiro atoms. The summed E-state index contributed by atoms with van der Waals surface area (Å²) < 4.78 is 45.6. The van der Waals surface area contributed by atoms with Crippen LogP contribution in [0.5, 0.6) is 23.0 Å². The van der Waals surface area contributed by atoms with E-state index in [2.05, 4.69) is 38.9 Å². The van der Waals surface area contributed by atoms with Crippen molar-refractivity contribution in [3.8, 4) is 23.0 Å². The number of hydrogen-bond acceptors (Lipinski definition) is 9. The van der Waals surface area contributed by atoms with Crippen LogP contribution in [0, 0.1) is 17.0 Å². The van der Waals surface area contributed by atoms with E-state index in [9.17, 15) is 19.1 Å². The van der Waals surface area contributed by atoms with Crippen molar-refractivity contribution in [1.29, 1.82) is 0 Å². The fourth-order valence-corrected chi connectivity index (χ4v) is 4.80. The zero-order valence-electron chi connectivity index (χ0n) is 24.8. The first-order valence-corrected chi connectivity index (χ1v) is 15.1. The Hall–Kier alpha value is -4.82. The normalized spacial score (nSPS) is 13.8. The first-order chi connectivity index (χ1) is 22.2. The van der Waals surface area contributed by atoms with Gasteiger partial charge in [0.1, 0.15) is 24.4 Å². The summed E-state index contributed by atoms with van der Waals surface area (Å²) in [6.45, 7) is 0.869. The maximum absolute atomic E-state index is 15.2. The number of aliphatic hydroxyl groups is 1. The van der Waals surface area contributed by atoms with Crippen molar-refractivity contribution in [1.82, 2.24) is 15.6 Å². The van der Waals surface area contributed by atoms with Crippen LogP contribution in [-0.2, 0) is 4.79 Å². The first kappa shape index (κ1) is 32.6. The number of pyridine rings is 1. The van der Waals surface area contributed by atoms with Gasteiger partial charge in [0, 0.05) is 47.4 Å². The number of thiol groups is 1. The highest BCUT2D eigenvalue weighted by Crippen LogP contribution is 2.50. The molecule has 46 heavy (non-hydrogen) atoms. The van der Waals surface area contributed by atoms with E-state index >= 15 is 4.39 Å². The topological polar surface area (TPSA) is 143 Å². The van der Waals surface area contributed by atoms with Gasteiger partial charge in [0.25, 0.3) is 0 Å². The van der Waals surface area contributed by atoms with E-state index in [0.29, 0.717) is 59.0 Å². The molecule has 1 fully saturated rings. The minimum atomic E-state index is -1.29. The second kappa shape index (κ2) is 14.5. The molecular weight excluding hydrogens is 620 g/mol. The Kier molecular flexibility index (Phi) is 10.3. The number of urea groups is 1. The highest BCUT2D eigenvalue weighted by molar-refractivity contribution is 7.80. The standard InChI is InChI=1S/C32H33F2N5O6S/c1-43-27-17-22-24(18-28(27)44-14-12-36-31(42)37-13-15-46)35-11-8-25(22)45-26-7-6-21(16-23(26)34)39-30(41)32(9-10-32)29(40)38-20-4-2-19(33)3-5-20/h2-8,11,16-18,30,39,41,46H,9-10,12-15H2,1H3,(H,38,40)(H2,36,37,42). The largest absolute Gasteiger partial charge is 0.493 e. The molecule has 1 saturated carbocycles. The third-order valence-electron chi connectivity index (χ3n) is 7.35. The van der Waals surface area contributed by atoms with E-state index in [4.69, 9.17) is 14.2 Å². The summed E-state index contributed by atoms with van der Waals surface area (Å²) in [7, 11) is 1.48. The van der Waals surface area contributed by atoms with Gasteiger partial charge in [-0.3, -0.25) is 9.78 Å². The Balaban J connectivity index is 1.23. The smallest absolute Gasteiger partial charge is 0.314 e. The molecule has 3 amide bonds. The number of methoxy groups -OCH3 is 1. The third kappa shape index (κ3) is 7.69. The number of fused-ring (bicyclic) bond motifs is 1. The zero-order chi connectivity index (χ0) is 32.7. The van der Waals surface area contributed by atoms with Crippen LogP contribution in [0.3, 0.4) is 0 Å². The van der Waals surface area contributed by atoms with Gasteiger partial charge in [-0.05, 0) is 61.4 Å². The van der Waals surface area contributed by atoms with E-state index in [1.165, 1.54) is 49.7 Å². The molecule has 5 rings (SSSR count). The van der Waals surface area contributed by atoms with Gasteiger partial charge in [0.15, 0.2) is 23.1 Å². The molecular formula is C32H33F2N5O6S. The summed E-state index contributed by atoms with van der Waals surface area (Å²) >= 11 is 4.04. The van der Waals surface area contributed by atoms with E-state index in [0.717, 1.165) is 6.07 Å². The summed E-state index contributed by atoms with van der Waals surface area (Å²) in [5.41, 5.74) is 0.0499. The molecule has 0 saturated heterocycles. The molecule has 11 nitrogen and oxygen atoms in total. The molecule has 1 heterocycles. The van der Waals surface area contributed by atoms with Crippen molar-refractivity contribution >= 4 is 46.8 Å². The summed E-state index contributed by atoms with van der Waals surface area (Å²) in [4.78, 5) is 29.0. The average molecular weight is 654 g/mol. The van der Waals surface area contributed by atoms with Crippen molar-refractivity contribution in [2.45, 2.75) is 19.1 Å². The molecule has 1 aromatic heterocycles. The Morgan fingerprint density at radius 2 is 1.70 bits per heavy atom. The summed E-state index contributed by atoms with van der Waals surface area (Å²) in [6.07, 6.45) is 1.07. The molecule has 1 unspecified atom stereocenters. The number of ether oxygens (including phenoxy) is 3. The minimum Gasteiger partial charge on any atom is -0.493 e. The number of nitrogens with zero attached hydrogens (tertiary/aromatic N) is 1. The molecule has 0 radical (unpaired) electrons. The molecule has 0 bridgehead atoms. The van der Waals surface area contributed by atoms with Crippen LogP contribution in [0.1, 0.15) is 12.8 Å². The Labute approximate surface area is 269 Å². The lowest BCUT2D eigenvalue weighted by Gasteiger charge is -2.23. The van der Waals surface area contributed by atoms with Crippen LogP contribution in [0.25, 0.3) is 10.9 Å². The Morgan fingerprint density at radius 3 is 2.39 bits per heavy atom. The number of hydrogen-bond donors (Lipinski definition) is 6. The molecule has 4 aromatic rings. The van der Waals surface area contributed by atoms with Crippen LogP contribution >= 0.6 is 12.6 Å². The maximum Gasteiger partial charge on any atom is 0.314 e. The number of anilines is 2. The van der Waals surface area contributed by atoms with Crippen LogP contribution in [0.4, 0.5) is 25.0 Å². The van der Waals surface area contributed by atoms with Gasteiger partial charge in [0.2, 0.25) is 5.91 Å². The van der Waals surface area contributed by atoms with Gasteiger partial charge < -0.3 is 40.6 Å². The lowest BCUT2D eigenvalue weighted by molar-refractivity contribution is -0.124. The fraction of sp³-hybridized carbons (Fsp3) is 0.281. The number of aromatic nitrogens is 1. The monoisotopic (exact) mass is 653 g/mol. The van der Waals surface area contributed by atoms with Crippen LogP contribution in [-0.4, -0.2) is 60.8 Å². The highest BCUT2D eigenvalue weighted by Gasteiger charge is 2.56. The van der Waals surface area contributed by atoms with Crippen molar-refractivity contribution < 1.29 is 37.7 Å². The van der Waals surface area contributed by atoms with E-state index in [1.807, 2.05) is 0 Å². The van der Waals surface area contributed by atoms with Crippen LogP contribution in [0.15, 0.2) is 66.9 Å². The molecule has 3 aromatic carbocycles. The molecule has 0 aliphatic heterocycles. The van der Waals surface area contributed by atoms with Crippen LogP contribution in [0.2, 0.25) is 0 Å². The van der Waals surface area contributed by atoms with Crippen molar-refractivity contribution in [3.63, 3.8) is 0 Å². The van der Waals surface area contributed by atoms with Gasteiger partial charge in [-0.2, -0.15) is 12.6 Å². The zero-order valence-corrected chi connectivity index (χ0v) is 25.7. The number of aliphatic hydroxyl groups excluding tert-OH is 1. The van der Waals surface area contributed by atoms with E-state index < -0.39 is 29.2 Å². The van der Waals surface area contributed by atoms with Gasteiger partial charge in [-0.25, -0.2) is 13.6 Å². The van der Waals surface area contributed by atoms with Crippen LogP contribution < -0.4 is 35.5 Å². The van der Waals surface area contributed by atoms with Crippen molar-refractivity contribution in [2.24, 2.45) is 5.41 Å². The highest BCUT2D eigenvalue weighted by atomic mass is 32.1. The first-order valence-electron chi connectivity index (χ1n) is 14.4. The number of carbonyl (C=O) groups is 2. The number of halogens is 2. The summed E-state index contributed by atoms with van der Waals surface area (Å²) in [5, 5.41) is 22.2. The minimum absolute atomic E-state index is 0.0794. The number of nitrogens with one attached hydrogen (secondary N) is 4.